The average Bonchev–Trinajstić information content (AvgIpc) is 3.18. The molecule has 2 heterocycles. The van der Waals surface area contributed by atoms with Gasteiger partial charge in [0.05, 0.1) is 40.0 Å². The number of benzene rings is 2. The predicted molar refractivity (Wildman–Crippen MR) is 140 cm³/mol. The molecule has 2 aromatic carbocycles. The maximum Gasteiger partial charge on any atom is 0.338 e. The van der Waals surface area contributed by atoms with Gasteiger partial charge in [-0.1, -0.05) is 36.8 Å². The van der Waals surface area contributed by atoms with Crippen LogP contribution in [0, 0.1) is 10.1 Å². The highest BCUT2D eigenvalue weighted by Crippen LogP contribution is 2.31. The van der Waals surface area contributed by atoms with Gasteiger partial charge in [-0.15, -0.1) is 0 Å². The largest absolute Gasteiger partial charge is 0.494 e. The second-order valence-electron chi connectivity index (χ2n) is 8.42. The summed E-state index contributed by atoms with van der Waals surface area (Å²) in [5, 5.41) is 11.0. The molecule has 3 aromatic rings. The number of hydrogen-bond acceptors (Lipinski definition) is 8. The van der Waals surface area contributed by atoms with Crippen LogP contribution in [-0.2, 0) is 9.53 Å². The second kappa shape index (κ2) is 11.3. The average molecular weight is 522 g/mol. The molecule has 0 saturated heterocycles. The Hall–Kier alpha value is -4.05. The first-order valence-corrected chi connectivity index (χ1v) is 12.8. The summed E-state index contributed by atoms with van der Waals surface area (Å²) in [5.41, 5.74) is 1.80. The Morgan fingerprint density at radius 1 is 1.16 bits per heavy atom. The van der Waals surface area contributed by atoms with Gasteiger partial charge in [-0.05, 0) is 61.7 Å². The lowest BCUT2D eigenvalue weighted by atomic mass is 9.96. The molecule has 0 N–H and O–H groups in total. The van der Waals surface area contributed by atoms with Gasteiger partial charge in [0.1, 0.15) is 5.75 Å². The topological polar surface area (TPSA) is 113 Å². The number of nitro benzene ring substituents is 1. The van der Waals surface area contributed by atoms with Crippen LogP contribution in [0.15, 0.2) is 69.6 Å². The summed E-state index contributed by atoms with van der Waals surface area (Å²) < 4.78 is 13.0. The highest BCUT2D eigenvalue weighted by Gasteiger charge is 2.33. The SMILES string of the molecule is CCCCOc1ccc(C2C(C(=O)OCC)=C(C)N=c3s/c(=C\c4ccc([N+](=O)[O-])cc4)c(=O)n32)cc1. The molecule has 1 atom stereocenters. The zero-order valence-electron chi connectivity index (χ0n) is 20.8. The summed E-state index contributed by atoms with van der Waals surface area (Å²) in [5.74, 6) is 0.183. The third kappa shape index (κ3) is 5.54. The van der Waals surface area contributed by atoms with E-state index in [0.29, 0.717) is 38.5 Å². The fraction of sp³-hybridized carbons (Fsp3) is 0.296. The van der Waals surface area contributed by atoms with Crippen LogP contribution in [0.2, 0.25) is 0 Å². The Balaban J connectivity index is 1.81. The highest BCUT2D eigenvalue weighted by atomic mass is 32.1. The number of hydrogen-bond donors (Lipinski definition) is 0. The third-order valence-corrected chi connectivity index (χ3v) is 6.86. The molecule has 0 amide bonds. The van der Waals surface area contributed by atoms with Gasteiger partial charge in [-0.25, -0.2) is 9.79 Å². The van der Waals surface area contributed by atoms with E-state index >= 15 is 0 Å². The standard InChI is InChI=1S/C27H27N3O6S/c1-4-6-15-36-21-13-9-19(10-14-21)24-23(26(32)35-5-2)17(3)28-27-29(24)25(31)22(37-27)16-18-7-11-20(12-8-18)30(33)34/h7-14,16,24H,4-6,15H2,1-3H3/b22-16-. The van der Waals surface area contributed by atoms with Crippen molar-refractivity contribution < 1.29 is 19.2 Å². The molecule has 1 aromatic heterocycles. The van der Waals surface area contributed by atoms with Gasteiger partial charge in [0.2, 0.25) is 0 Å². The van der Waals surface area contributed by atoms with Crippen molar-refractivity contribution >= 4 is 29.1 Å². The summed E-state index contributed by atoms with van der Waals surface area (Å²) in [4.78, 5) is 42.1. The fourth-order valence-corrected chi connectivity index (χ4v) is 5.08. The first kappa shape index (κ1) is 26.0. The minimum atomic E-state index is -0.723. The number of non-ortho nitro benzene ring substituents is 1. The molecule has 1 unspecified atom stereocenters. The summed E-state index contributed by atoms with van der Waals surface area (Å²) in [6.45, 7) is 6.35. The van der Waals surface area contributed by atoms with E-state index in [4.69, 9.17) is 9.47 Å². The Morgan fingerprint density at radius 3 is 2.49 bits per heavy atom. The number of rotatable bonds is 9. The molecule has 1 aliphatic heterocycles. The third-order valence-electron chi connectivity index (χ3n) is 5.88. The monoisotopic (exact) mass is 521 g/mol. The number of aromatic nitrogens is 1. The second-order valence-corrected chi connectivity index (χ2v) is 9.43. The van der Waals surface area contributed by atoms with Gasteiger partial charge in [-0.3, -0.25) is 19.5 Å². The van der Waals surface area contributed by atoms with Gasteiger partial charge in [0.25, 0.3) is 11.2 Å². The van der Waals surface area contributed by atoms with Gasteiger partial charge in [-0.2, -0.15) is 0 Å². The van der Waals surface area contributed by atoms with Crippen LogP contribution in [0.25, 0.3) is 6.08 Å². The predicted octanol–water partition coefficient (Wildman–Crippen LogP) is 3.89. The van der Waals surface area contributed by atoms with Crippen LogP contribution in [0.4, 0.5) is 5.69 Å². The molecule has 9 nitrogen and oxygen atoms in total. The van der Waals surface area contributed by atoms with Crippen LogP contribution in [0.5, 0.6) is 5.75 Å². The number of ether oxygens (including phenoxy) is 2. The molecule has 1 aliphatic rings. The molecule has 0 spiro atoms. The molecule has 0 saturated carbocycles. The zero-order valence-corrected chi connectivity index (χ0v) is 21.6. The number of thiazole rings is 1. The molecule has 10 heteroatoms. The lowest BCUT2D eigenvalue weighted by Gasteiger charge is -2.24. The number of esters is 1. The van der Waals surface area contributed by atoms with Crippen LogP contribution >= 0.6 is 11.3 Å². The van der Waals surface area contributed by atoms with Gasteiger partial charge in [0.15, 0.2) is 4.80 Å². The van der Waals surface area contributed by atoms with Crippen molar-refractivity contribution in [2.75, 3.05) is 13.2 Å². The Kier molecular flexibility index (Phi) is 7.98. The van der Waals surface area contributed by atoms with Crippen molar-refractivity contribution in [3.8, 4) is 5.75 Å². The minimum absolute atomic E-state index is 0.0320. The molecular formula is C27H27N3O6S. The molecule has 0 bridgehead atoms. The highest BCUT2D eigenvalue weighted by molar-refractivity contribution is 7.07. The van der Waals surface area contributed by atoms with Crippen LogP contribution in [0.1, 0.15) is 50.8 Å². The van der Waals surface area contributed by atoms with Gasteiger partial charge >= 0.3 is 5.97 Å². The number of unbranched alkanes of at least 4 members (excludes halogenated alkanes) is 1. The van der Waals surface area contributed by atoms with Crippen molar-refractivity contribution in [3.05, 3.63) is 101 Å². The van der Waals surface area contributed by atoms with Gasteiger partial charge in [0, 0.05) is 12.1 Å². The van der Waals surface area contributed by atoms with Crippen molar-refractivity contribution in [2.45, 2.75) is 39.7 Å². The van der Waals surface area contributed by atoms with Crippen LogP contribution in [-0.4, -0.2) is 28.7 Å². The lowest BCUT2D eigenvalue weighted by molar-refractivity contribution is -0.384. The normalized spacial score (nSPS) is 15.2. The van der Waals surface area contributed by atoms with E-state index in [1.54, 1.807) is 32.1 Å². The fourth-order valence-electron chi connectivity index (χ4n) is 4.03. The van der Waals surface area contributed by atoms with Gasteiger partial charge < -0.3 is 9.47 Å². The van der Waals surface area contributed by atoms with Crippen molar-refractivity contribution in [2.24, 2.45) is 4.99 Å². The van der Waals surface area contributed by atoms with Crippen LogP contribution in [0.3, 0.4) is 0 Å². The molecule has 0 fully saturated rings. The quantitative estimate of drug-likeness (QED) is 0.183. The molecule has 192 valence electrons. The number of allylic oxidation sites excluding steroid dienone is 1. The van der Waals surface area contributed by atoms with E-state index in [9.17, 15) is 19.7 Å². The van der Waals surface area contributed by atoms with E-state index in [-0.39, 0.29) is 17.9 Å². The first-order chi connectivity index (χ1) is 17.8. The van der Waals surface area contributed by atoms with E-state index in [1.807, 2.05) is 24.3 Å². The number of nitrogens with zero attached hydrogens (tertiary/aromatic N) is 3. The number of fused-ring (bicyclic) bond motifs is 1. The number of nitro groups is 1. The maximum absolute atomic E-state index is 13.6. The first-order valence-electron chi connectivity index (χ1n) is 12.0. The maximum atomic E-state index is 13.6. The summed E-state index contributed by atoms with van der Waals surface area (Å²) >= 11 is 1.20. The molecular weight excluding hydrogens is 494 g/mol. The van der Waals surface area contributed by atoms with Crippen molar-refractivity contribution in [1.82, 2.24) is 4.57 Å². The number of carbonyl (C=O) groups is 1. The summed E-state index contributed by atoms with van der Waals surface area (Å²) in [7, 11) is 0. The van der Waals surface area contributed by atoms with E-state index in [0.717, 1.165) is 18.4 Å². The summed E-state index contributed by atoms with van der Waals surface area (Å²) in [6.07, 6.45) is 3.64. The Bertz CT molecular complexity index is 1520. The Morgan fingerprint density at radius 2 is 1.86 bits per heavy atom. The molecule has 0 aliphatic carbocycles. The lowest BCUT2D eigenvalue weighted by Crippen LogP contribution is -2.39. The van der Waals surface area contributed by atoms with E-state index < -0.39 is 16.9 Å². The summed E-state index contributed by atoms with van der Waals surface area (Å²) in [6, 6.07) is 12.6. The molecule has 0 radical (unpaired) electrons. The molecule has 37 heavy (non-hydrogen) atoms. The Labute approximate surface area is 217 Å². The number of carbonyl (C=O) groups excluding carboxylic acids is 1. The van der Waals surface area contributed by atoms with E-state index in [1.165, 1.54) is 28.0 Å². The van der Waals surface area contributed by atoms with Crippen molar-refractivity contribution in [3.63, 3.8) is 0 Å². The molecule has 4 rings (SSSR count). The smallest absolute Gasteiger partial charge is 0.338 e. The van der Waals surface area contributed by atoms with E-state index in [2.05, 4.69) is 11.9 Å². The van der Waals surface area contributed by atoms with Crippen molar-refractivity contribution in [1.29, 1.82) is 0 Å². The zero-order chi connectivity index (χ0) is 26.5. The van der Waals surface area contributed by atoms with Crippen LogP contribution < -0.4 is 19.6 Å². The minimum Gasteiger partial charge on any atom is -0.494 e.